The van der Waals surface area contributed by atoms with Gasteiger partial charge in [-0.2, -0.15) is 0 Å². The molecule has 2 rings (SSSR count). The van der Waals surface area contributed by atoms with Crippen LogP contribution in [0.5, 0.6) is 5.75 Å². The summed E-state index contributed by atoms with van der Waals surface area (Å²) in [4.78, 5) is 0. The Hall–Kier alpha value is -2.31. The summed E-state index contributed by atoms with van der Waals surface area (Å²) < 4.78 is 40.4. The predicted molar refractivity (Wildman–Crippen MR) is 72.9 cm³/mol. The third kappa shape index (κ3) is 4.62. The summed E-state index contributed by atoms with van der Waals surface area (Å²) in [6, 6.07) is 9.05. The minimum absolute atomic E-state index is 0.282. The number of nitrogens with one attached hydrogen (secondary N) is 1. The van der Waals surface area contributed by atoms with Crippen molar-refractivity contribution in [2.24, 2.45) is 0 Å². The van der Waals surface area contributed by atoms with Gasteiger partial charge < -0.3 is 10.1 Å². The summed E-state index contributed by atoms with van der Waals surface area (Å²) in [7, 11) is 0. The lowest BCUT2D eigenvalue weighted by atomic mass is 10.1. The van der Waals surface area contributed by atoms with Crippen LogP contribution in [0.2, 0.25) is 0 Å². The first kappa shape index (κ1) is 15.1. The molecule has 1 heterocycles. The van der Waals surface area contributed by atoms with Gasteiger partial charge in [0.25, 0.3) is 0 Å². The van der Waals surface area contributed by atoms with Crippen molar-refractivity contribution >= 4 is 5.82 Å². The van der Waals surface area contributed by atoms with Crippen molar-refractivity contribution in [3.63, 3.8) is 0 Å². The SMILES string of the molecule is CCCNc1ccc(-c2cccc(OC(F)(F)F)c2)nn1. The maximum Gasteiger partial charge on any atom is 0.573 e. The topological polar surface area (TPSA) is 47.0 Å². The van der Waals surface area contributed by atoms with E-state index in [4.69, 9.17) is 0 Å². The average Bonchev–Trinajstić information content (AvgIpc) is 2.44. The van der Waals surface area contributed by atoms with Crippen LogP contribution in [0.1, 0.15) is 13.3 Å². The number of alkyl halides is 3. The Morgan fingerprint density at radius 3 is 2.57 bits per heavy atom. The van der Waals surface area contributed by atoms with E-state index in [1.807, 2.05) is 6.92 Å². The Morgan fingerprint density at radius 1 is 1.14 bits per heavy atom. The molecule has 0 saturated carbocycles. The van der Waals surface area contributed by atoms with Gasteiger partial charge in [0.05, 0.1) is 5.69 Å². The van der Waals surface area contributed by atoms with Crippen molar-refractivity contribution in [3.8, 4) is 17.0 Å². The molecular formula is C14H14F3N3O. The number of aromatic nitrogens is 2. The fourth-order valence-electron chi connectivity index (χ4n) is 1.69. The van der Waals surface area contributed by atoms with Crippen LogP contribution in [-0.4, -0.2) is 23.1 Å². The summed E-state index contributed by atoms with van der Waals surface area (Å²) in [5.74, 6) is 0.346. The van der Waals surface area contributed by atoms with E-state index in [-0.39, 0.29) is 5.75 Å². The lowest BCUT2D eigenvalue weighted by molar-refractivity contribution is -0.274. The summed E-state index contributed by atoms with van der Waals surface area (Å²) in [6.07, 6.45) is -3.75. The normalized spacial score (nSPS) is 11.2. The van der Waals surface area contributed by atoms with Crippen LogP contribution < -0.4 is 10.1 Å². The highest BCUT2D eigenvalue weighted by Gasteiger charge is 2.31. The second-order valence-electron chi connectivity index (χ2n) is 4.31. The van der Waals surface area contributed by atoms with E-state index in [0.717, 1.165) is 13.0 Å². The number of halogens is 3. The smallest absolute Gasteiger partial charge is 0.406 e. The van der Waals surface area contributed by atoms with Gasteiger partial charge in [-0.15, -0.1) is 23.4 Å². The van der Waals surface area contributed by atoms with Gasteiger partial charge in [-0.25, -0.2) is 0 Å². The number of ether oxygens (including phenoxy) is 1. The molecule has 0 aliphatic carbocycles. The van der Waals surface area contributed by atoms with Gasteiger partial charge in [0.15, 0.2) is 0 Å². The van der Waals surface area contributed by atoms with Crippen molar-refractivity contribution in [1.82, 2.24) is 10.2 Å². The number of nitrogens with zero attached hydrogens (tertiary/aromatic N) is 2. The molecule has 0 atom stereocenters. The molecule has 0 aliphatic heterocycles. The second-order valence-corrected chi connectivity index (χ2v) is 4.31. The predicted octanol–water partition coefficient (Wildman–Crippen LogP) is 3.86. The van der Waals surface area contributed by atoms with Crippen molar-refractivity contribution in [1.29, 1.82) is 0 Å². The van der Waals surface area contributed by atoms with E-state index >= 15 is 0 Å². The molecule has 2 aromatic rings. The third-order valence-electron chi connectivity index (χ3n) is 2.58. The molecule has 0 saturated heterocycles. The first-order valence-electron chi connectivity index (χ1n) is 6.42. The van der Waals surface area contributed by atoms with E-state index in [1.165, 1.54) is 18.2 Å². The molecule has 0 radical (unpaired) electrons. The quantitative estimate of drug-likeness (QED) is 0.910. The lowest BCUT2D eigenvalue weighted by Crippen LogP contribution is -2.17. The standard InChI is InChI=1S/C14H14F3N3O/c1-2-8-18-13-7-6-12(19-20-13)10-4-3-5-11(9-10)21-14(15,16)17/h3-7,9H,2,8H2,1H3,(H,18,20). The van der Waals surface area contributed by atoms with Crippen molar-refractivity contribution < 1.29 is 17.9 Å². The Balaban J connectivity index is 2.16. The molecule has 0 bridgehead atoms. The molecular weight excluding hydrogens is 283 g/mol. The average molecular weight is 297 g/mol. The van der Waals surface area contributed by atoms with Gasteiger partial charge in [-0.1, -0.05) is 19.1 Å². The first-order chi connectivity index (χ1) is 9.98. The lowest BCUT2D eigenvalue weighted by Gasteiger charge is -2.10. The first-order valence-corrected chi connectivity index (χ1v) is 6.42. The largest absolute Gasteiger partial charge is 0.573 e. The van der Waals surface area contributed by atoms with Crippen LogP contribution in [0.25, 0.3) is 11.3 Å². The molecule has 112 valence electrons. The summed E-state index contributed by atoms with van der Waals surface area (Å²) in [5, 5.41) is 11.0. The van der Waals surface area contributed by atoms with Gasteiger partial charge in [0, 0.05) is 12.1 Å². The second kappa shape index (κ2) is 6.43. The monoisotopic (exact) mass is 297 g/mol. The number of rotatable bonds is 5. The summed E-state index contributed by atoms with van der Waals surface area (Å²) in [5.41, 5.74) is 0.982. The summed E-state index contributed by atoms with van der Waals surface area (Å²) in [6.45, 7) is 2.81. The van der Waals surface area contributed by atoms with E-state index < -0.39 is 6.36 Å². The van der Waals surface area contributed by atoms with E-state index in [1.54, 1.807) is 18.2 Å². The van der Waals surface area contributed by atoms with Crippen LogP contribution in [0.3, 0.4) is 0 Å². The highest BCUT2D eigenvalue weighted by atomic mass is 19.4. The van der Waals surface area contributed by atoms with E-state index in [9.17, 15) is 13.2 Å². The van der Waals surface area contributed by atoms with Crippen LogP contribution >= 0.6 is 0 Å². The Kier molecular flexibility index (Phi) is 4.62. The van der Waals surface area contributed by atoms with Crippen molar-refractivity contribution in [2.45, 2.75) is 19.7 Å². The van der Waals surface area contributed by atoms with Gasteiger partial charge in [-0.05, 0) is 30.7 Å². The summed E-state index contributed by atoms with van der Waals surface area (Å²) >= 11 is 0. The zero-order valence-electron chi connectivity index (χ0n) is 11.3. The van der Waals surface area contributed by atoms with Gasteiger partial charge in [0.1, 0.15) is 11.6 Å². The minimum atomic E-state index is -4.71. The molecule has 1 aromatic heterocycles. The van der Waals surface area contributed by atoms with Crippen LogP contribution in [0.4, 0.5) is 19.0 Å². The third-order valence-corrected chi connectivity index (χ3v) is 2.58. The number of hydrogen-bond acceptors (Lipinski definition) is 4. The van der Waals surface area contributed by atoms with Crippen molar-refractivity contribution in [2.75, 3.05) is 11.9 Å². The van der Waals surface area contributed by atoms with E-state index in [0.29, 0.717) is 17.1 Å². The Labute approximate surface area is 120 Å². The molecule has 7 heteroatoms. The zero-order valence-corrected chi connectivity index (χ0v) is 11.3. The molecule has 0 aliphatic rings. The van der Waals surface area contributed by atoms with Gasteiger partial charge in [-0.3, -0.25) is 0 Å². The molecule has 0 spiro atoms. The maximum absolute atomic E-state index is 12.2. The fourth-order valence-corrected chi connectivity index (χ4v) is 1.69. The van der Waals surface area contributed by atoms with Crippen LogP contribution in [-0.2, 0) is 0 Å². The van der Waals surface area contributed by atoms with Crippen molar-refractivity contribution in [3.05, 3.63) is 36.4 Å². The molecule has 1 aromatic carbocycles. The van der Waals surface area contributed by atoms with Crippen LogP contribution in [0, 0.1) is 0 Å². The Morgan fingerprint density at radius 2 is 1.95 bits per heavy atom. The minimum Gasteiger partial charge on any atom is -0.406 e. The molecule has 0 unspecified atom stereocenters. The number of hydrogen-bond donors (Lipinski definition) is 1. The van der Waals surface area contributed by atoms with Gasteiger partial charge in [0.2, 0.25) is 0 Å². The zero-order chi connectivity index (χ0) is 15.3. The number of anilines is 1. The van der Waals surface area contributed by atoms with Gasteiger partial charge >= 0.3 is 6.36 Å². The highest BCUT2D eigenvalue weighted by molar-refractivity contribution is 5.61. The van der Waals surface area contributed by atoms with Crippen LogP contribution in [0.15, 0.2) is 36.4 Å². The Bertz CT molecular complexity index is 585. The van der Waals surface area contributed by atoms with E-state index in [2.05, 4.69) is 20.3 Å². The molecule has 1 N–H and O–H groups in total. The fraction of sp³-hybridized carbons (Fsp3) is 0.286. The maximum atomic E-state index is 12.2. The molecule has 0 amide bonds. The highest BCUT2D eigenvalue weighted by Crippen LogP contribution is 2.27. The molecule has 0 fully saturated rings. The molecule has 4 nitrogen and oxygen atoms in total. The number of benzene rings is 1. The molecule has 21 heavy (non-hydrogen) atoms.